The number of likely N-dealkylation sites (tertiary alicyclic amines) is 1. The van der Waals surface area contributed by atoms with Gasteiger partial charge in [-0.2, -0.15) is 0 Å². The largest absolute Gasteiger partial charge is 0.302 e. The number of nitrogens with zero attached hydrogens (tertiary/aromatic N) is 1. The molecule has 1 aliphatic carbocycles. The Hall–Kier alpha value is -0.370. The Morgan fingerprint density at radius 1 is 1.24 bits per heavy atom. The maximum absolute atomic E-state index is 12.2. The number of carbonyl (C=O) groups excluding carboxylic acids is 1. The van der Waals surface area contributed by atoms with Crippen molar-refractivity contribution in [3.8, 4) is 0 Å². The zero-order valence-corrected chi connectivity index (χ0v) is 11.9. The van der Waals surface area contributed by atoms with Crippen LogP contribution in [0.5, 0.6) is 0 Å². The molecule has 0 bridgehead atoms. The second kappa shape index (κ2) is 4.38. The van der Waals surface area contributed by atoms with Crippen LogP contribution in [0.1, 0.15) is 53.4 Å². The lowest BCUT2D eigenvalue weighted by Crippen LogP contribution is -2.43. The Kier molecular flexibility index (Phi) is 3.37. The Morgan fingerprint density at radius 3 is 2.47 bits per heavy atom. The summed E-state index contributed by atoms with van der Waals surface area (Å²) in [6, 6.07) is 0. The van der Waals surface area contributed by atoms with E-state index in [1.807, 2.05) is 0 Å². The van der Waals surface area contributed by atoms with Crippen molar-refractivity contribution in [3.63, 3.8) is 0 Å². The summed E-state index contributed by atoms with van der Waals surface area (Å²) in [5.74, 6) is 0.805. The van der Waals surface area contributed by atoms with E-state index in [1.165, 1.54) is 19.4 Å². The zero-order valence-electron chi connectivity index (χ0n) is 11.9. The minimum Gasteiger partial charge on any atom is -0.302 e. The van der Waals surface area contributed by atoms with Crippen LogP contribution in [0.25, 0.3) is 0 Å². The second-order valence-corrected chi connectivity index (χ2v) is 7.49. The van der Waals surface area contributed by atoms with Crippen LogP contribution in [-0.2, 0) is 4.79 Å². The van der Waals surface area contributed by atoms with Gasteiger partial charge in [0.05, 0.1) is 0 Å². The molecule has 98 valence electrons. The fourth-order valence-corrected chi connectivity index (χ4v) is 3.53. The molecule has 0 spiro atoms. The molecule has 1 aliphatic heterocycles. The summed E-state index contributed by atoms with van der Waals surface area (Å²) in [6.07, 6.45) is 4.79. The van der Waals surface area contributed by atoms with Gasteiger partial charge in [-0.3, -0.25) is 4.79 Å². The number of hydrogen-bond acceptors (Lipinski definition) is 2. The monoisotopic (exact) mass is 237 g/mol. The molecule has 2 fully saturated rings. The smallest absolute Gasteiger partial charge is 0.142 e. The van der Waals surface area contributed by atoms with E-state index in [4.69, 9.17) is 0 Å². The van der Waals surface area contributed by atoms with Crippen LogP contribution in [0.4, 0.5) is 0 Å². The Morgan fingerprint density at radius 2 is 1.94 bits per heavy atom. The third-order valence-corrected chi connectivity index (χ3v) is 4.61. The van der Waals surface area contributed by atoms with Crippen molar-refractivity contribution in [2.45, 2.75) is 53.4 Å². The summed E-state index contributed by atoms with van der Waals surface area (Å²) in [7, 11) is 0. The first kappa shape index (κ1) is 13.1. The molecule has 1 saturated heterocycles. The molecular weight excluding hydrogens is 210 g/mol. The zero-order chi connectivity index (χ0) is 12.7. The lowest BCUT2D eigenvalue weighted by molar-refractivity contribution is -0.128. The highest BCUT2D eigenvalue weighted by atomic mass is 16.1. The van der Waals surface area contributed by atoms with E-state index in [0.717, 1.165) is 25.9 Å². The van der Waals surface area contributed by atoms with Gasteiger partial charge in [-0.05, 0) is 37.6 Å². The average molecular weight is 237 g/mol. The van der Waals surface area contributed by atoms with Gasteiger partial charge in [0, 0.05) is 24.4 Å². The van der Waals surface area contributed by atoms with E-state index >= 15 is 0 Å². The quantitative estimate of drug-likeness (QED) is 0.735. The summed E-state index contributed by atoms with van der Waals surface area (Å²) in [6.45, 7) is 12.3. The predicted molar refractivity (Wildman–Crippen MR) is 71.0 cm³/mol. The van der Waals surface area contributed by atoms with Crippen LogP contribution < -0.4 is 0 Å². The van der Waals surface area contributed by atoms with Crippen LogP contribution in [-0.4, -0.2) is 30.3 Å². The first-order valence-electron chi connectivity index (χ1n) is 7.07. The molecule has 2 rings (SSSR count). The number of hydrogen-bond donors (Lipinski definition) is 0. The van der Waals surface area contributed by atoms with Crippen molar-refractivity contribution in [3.05, 3.63) is 0 Å². The topological polar surface area (TPSA) is 20.3 Å². The second-order valence-electron chi connectivity index (χ2n) is 7.49. The Labute approximate surface area is 106 Å². The molecule has 1 heterocycles. The van der Waals surface area contributed by atoms with Gasteiger partial charge < -0.3 is 4.90 Å². The lowest BCUT2D eigenvalue weighted by Gasteiger charge is -2.39. The van der Waals surface area contributed by atoms with E-state index in [-0.39, 0.29) is 5.41 Å². The number of piperidine rings is 1. The van der Waals surface area contributed by atoms with Gasteiger partial charge in [0.25, 0.3) is 0 Å². The van der Waals surface area contributed by atoms with E-state index in [1.54, 1.807) is 0 Å². The SMILES string of the molecule is CC1(C)CCCN(CC2CCC(C)(C)C2=O)C1. The molecule has 1 unspecified atom stereocenters. The number of ketones is 1. The molecule has 1 atom stereocenters. The number of rotatable bonds is 2. The molecule has 17 heavy (non-hydrogen) atoms. The average Bonchev–Trinajstić information content (AvgIpc) is 2.44. The number of carbonyl (C=O) groups is 1. The minimum absolute atomic E-state index is 0.0596. The fourth-order valence-electron chi connectivity index (χ4n) is 3.53. The first-order valence-corrected chi connectivity index (χ1v) is 7.07. The van der Waals surface area contributed by atoms with Gasteiger partial charge in [0.2, 0.25) is 0 Å². The van der Waals surface area contributed by atoms with Crippen LogP contribution >= 0.6 is 0 Å². The van der Waals surface area contributed by atoms with Gasteiger partial charge in [-0.1, -0.05) is 27.7 Å². The molecule has 0 aromatic carbocycles. The van der Waals surface area contributed by atoms with Gasteiger partial charge in [0.15, 0.2) is 0 Å². The van der Waals surface area contributed by atoms with Crippen molar-refractivity contribution in [1.29, 1.82) is 0 Å². The van der Waals surface area contributed by atoms with Crippen LogP contribution in [0, 0.1) is 16.7 Å². The Bertz CT molecular complexity index is 306. The highest BCUT2D eigenvalue weighted by molar-refractivity contribution is 5.88. The molecule has 0 amide bonds. The predicted octanol–water partition coefficient (Wildman–Crippen LogP) is 3.11. The van der Waals surface area contributed by atoms with E-state index in [2.05, 4.69) is 32.6 Å². The van der Waals surface area contributed by atoms with Crippen molar-refractivity contribution < 1.29 is 4.79 Å². The maximum Gasteiger partial charge on any atom is 0.142 e. The molecule has 2 nitrogen and oxygen atoms in total. The molecule has 0 aromatic rings. The van der Waals surface area contributed by atoms with Gasteiger partial charge in [-0.25, -0.2) is 0 Å². The molecule has 0 radical (unpaired) electrons. The highest BCUT2D eigenvalue weighted by Gasteiger charge is 2.41. The number of Topliss-reactive ketones (excluding diaryl/α,β-unsaturated/α-hetero) is 1. The summed E-state index contributed by atoms with van der Waals surface area (Å²) in [5.41, 5.74) is 0.380. The molecule has 0 N–H and O–H groups in total. The van der Waals surface area contributed by atoms with E-state index in [0.29, 0.717) is 17.1 Å². The Balaban J connectivity index is 1.92. The standard InChI is InChI=1S/C15H27NO/c1-14(2)7-5-9-16(11-14)10-12-6-8-15(3,4)13(12)17/h12H,5-11H2,1-4H3. The van der Waals surface area contributed by atoms with Gasteiger partial charge in [-0.15, -0.1) is 0 Å². The lowest BCUT2D eigenvalue weighted by atomic mass is 9.83. The van der Waals surface area contributed by atoms with E-state index < -0.39 is 0 Å². The molecule has 2 heteroatoms. The summed E-state index contributed by atoms with van der Waals surface area (Å²) in [5, 5.41) is 0. The summed E-state index contributed by atoms with van der Waals surface area (Å²) >= 11 is 0. The van der Waals surface area contributed by atoms with E-state index in [9.17, 15) is 4.79 Å². The van der Waals surface area contributed by atoms with Gasteiger partial charge in [0.1, 0.15) is 5.78 Å². The molecule has 0 aromatic heterocycles. The fraction of sp³-hybridized carbons (Fsp3) is 0.933. The molecular formula is C15H27NO. The van der Waals surface area contributed by atoms with Crippen LogP contribution in [0.2, 0.25) is 0 Å². The van der Waals surface area contributed by atoms with Crippen molar-refractivity contribution >= 4 is 5.78 Å². The van der Waals surface area contributed by atoms with Crippen molar-refractivity contribution in [2.24, 2.45) is 16.7 Å². The van der Waals surface area contributed by atoms with Crippen molar-refractivity contribution in [2.75, 3.05) is 19.6 Å². The third kappa shape index (κ3) is 2.90. The maximum atomic E-state index is 12.2. The van der Waals surface area contributed by atoms with Crippen molar-refractivity contribution in [1.82, 2.24) is 4.90 Å². The molecule has 1 saturated carbocycles. The van der Waals surface area contributed by atoms with Crippen LogP contribution in [0.3, 0.4) is 0 Å². The molecule has 2 aliphatic rings. The van der Waals surface area contributed by atoms with Gasteiger partial charge >= 0.3 is 0 Å². The summed E-state index contributed by atoms with van der Waals surface area (Å²) in [4.78, 5) is 14.8. The van der Waals surface area contributed by atoms with Crippen LogP contribution in [0.15, 0.2) is 0 Å². The highest BCUT2D eigenvalue weighted by Crippen LogP contribution is 2.38. The summed E-state index contributed by atoms with van der Waals surface area (Å²) < 4.78 is 0. The minimum atomic E-state index is -0.0596. The first-order chi connectivity index (χ1) is 7.80. The third-order valence-electron chi connectivity index (χ3n) is 4.61. The normalized spacial score (nSPS) is 32.9.